The quantitative estimate of drug-likeness (QED) is 0.308. The van der Waals surface area contributed by atoms with Gasteiger partial charge in [0.25, 0.3) is 5.91 Å². The summed E-state index contributed by atoms with van der Waals surface area (Å²) in [6.45, 7) is 0. The normalized spacial score (nSPS) is 15.8. The Morgan fingerprint density at radius 1 is 1.07 bits per heavy atom. The Morgan fingerprint density at radius 2 is 1.81 bits per heavy atom. The summed E-state index contributed by atoms with van der Waals surface area (Å²) in [6, 6.07) is 18.7. The number of amides is 1. The Morgan fingerprint density at radius 3 is 2.56 bits per heavy atom. The third-order valence-electron chi connectivity index (χ3n) is 3.92. The van der Waals surface area contributed by atoms with E-state index in [0.717, 1.165) is 15.8 Å². The summed E-state index contributed by atoms with van der Waals surface area (Å²) in [7, 11) is 0. The molecule has 0 N–H and O–H groups in total. The van der Waals surface area contributed by atoms with E-state index in [1.54, 1.807) is 18.2 Å². The summed E-state index contributed by atoms with van der Waals surface area (Å²) in [6.07, 6.45) is 1.71. The van der Waals surface area contributed by atoms with Crippen LogP contribution in [0.25, 0.3) is 17.4 Å². The highest BCUT2D eigenvalue weighted by Gasteiger charge is 2.34. The van der Waals surface area contributed by atoms with Gasteiger partial charge in [-0.3, -0.25) is 9.69 Å². The maximum Gasteiger partial charge on any atom is 0.270 e. The van der Waals surface area contributed by atoms with Crippen LogP contribution in [0.3, 0.4) is 0 Å². The monoisotopic (exact) mass is 475 g/mol. The van der Waals surface area contributed by atoms with E-state index < -0.39 is 0 Å². The number of carbonyl (C=O) groups excluding carboxylic acids is 1. The van der Waals surface area contributed by atoms with E-state index in [4.69, 9.17) is 28.2 Å². The van der Waals surface area contributed by atoms with Gasteiger partial charge >= 0.3 is 0 Å². The smallest absolute Gasteiger partial charge is 0.270 e. The second-order valence-corrected chi connectivity index (χ2v) is 8.68. The molecule has 3 nitrogen and oxygen atoms in total. The van der Waals surface area contributed by atoms with Gasteiger partial charge in [-0.25, -0.2) is 0 Å². The molecule has 1 aliphatic rings. The van der Waals surface area contributed by atoms with Crippen molar-refractivity contribution in [2.45, 2.75) is 0 Å². The Bertz CT molecular complexity index is 1080. The molecular formula is C20H11BrClNO2S2. The summed E-state index contributed by atoms with van der Waals surface area (Å²) in [4.78, 5) is 14.8. The van der Waals surface area contributed by atoms with Crippen molar-refractivity contribution in [3.63, 3.8) is 0 Å². The van der Waals surface area contributed by atoms with Crippen LogP contribution in [0, 0.1) is 0 Å². The van der Waals surface area contributed by atoms with Crippen LogP contribution in [-0.4, -0.2) is 10.2 Å². The van der Waals surface area contributed by atoms with Crippen LogP contribution in [0.1, 0.15) is 5.76 Å². The third kappa shape index (κ3) is 3.75. The van der Waals surface area contributed by atoms with Gasteiger partial charge in [0.2, 0.25) is 0 Å². The summed E-state index contributed by atoms with van der Waals surface area (Å²) in [5, 5.41) is 0.477. The SMILES string of the molecule is O=C1C(=Cc2ccc(-c3ccc(Br)cc3)o2)SC(=S)N1c1ccccc1Cl. The minimum absolute atomic E-state index is 0.209. The molecule has 0 saturated carbocycles. The zero-order valence-corrected chi connectivity index (χ0v) is 17.7. The second kappa shape index (κ2) is 7.64. The summed E-state index contributed by atoms with van der Waals surface area (Å²) in [5.74, 6) is 1.11. The molecule has 4 rings (SSSR count). The molecule has 0 aliphatic carbocycles. The van der Waals surface area contributed by atoms with Gasteiger partial charge in [-0.05, 0) is 36.4 Å². The number of anilines is 1. The van der Waals surface area contributed by atoms with Crippen LogP contribution in [-0.2, 0) is 4.79 Å². The van der Waals surface area contributed by atoms with Gasteiger partial charge in [0.1, 0.15) is 11.5 Å². The zero-order chi connectivity index (χ0) is 19.0. The van der Waals surface area contributed by atoms with Crippen molar-refractivity contribution < 1.29 is 9.21 Å². The standard InChI is InChI=1S/C20H11BrClNO2S2/c21-13-7-5-12(6-8-13)17-10-9-14(25-17)11-18-19(24)23(20(26)27-18)16-4-2-1-3-15(16)22/h1-11H. The van der Waals surface area contributed by atoms with Gasteiger partial charge in [0, 0.05) is 16.1 Å². The van der Waals surface area contributed by atoms with E-state index in [0.29, 0.717) is 25.7 Å². The molecule has 2 aromatic carbocycles. The van der Waals surface area contributed by atoms with Crippen molar-refractivity contribution in [1.29, 1.82) is 0 Å². The number of halogens is 2. The van der Waals surface area contributed by atoms with E-state index in [2.05, 4.69) is 15.9 Å². The summed E-state index contributed by atoms with van der Waals surface area (Å²) in [5.41, 5.74) is 1.54. The number of carbonyl (C=O) groups is 1. The predicted molar refractivity (Wildman–Crippen MR) is 119 cm³/mol. The van der Waals surface area contributed by atoms with Crippen LogP contribution in [0.5, 0.6) is 0 Å². The van der Waals surface area contributed by atoms with E-state index in [9.17, 15) is 4.79 Å². The molecule has 0 unspecified atom stereocenters. The van der Waals surface area contributed by atoms with E-state index in [-0.39, 0.29) is 5.91 Å². The maximum absolute atomic E-state index is 12.8. The molecule has 1 aromatic heterocycles. The Balaban J connectivity index is 1.62. The van der Waals surface area contributed by atoms with Gasteiger partial charge in [-0.1, -0.05) is 75.8 Å². The van der Waals surface area contributed by atoms with Crippen LogP contribution in [0.2, 0.25) is 5.02 Å². The van der Waals surface area contributed by atoms with Gasteiger partial charge in [0.05, 0.1) is 15.6 Å². The lowest BCUT2D eigenvalue weighted by Gasteiger charge is -2.15. The first-order valence-electron chi connectivity index (χ1n) is 7.91. The first-order valence-corrected chi connectivity index (χ1v) is 10.3. The fourth-order valence-electron chi connectivity index (χ4n) is 2.64. The first-order chi connectivity index (χ1) is 13.0. The number of para-hydroxylation sites is 1. The molecule has 1 aliphatic heterocycles. The number of rotatable bonds is 3. The third-order valence-corrected chi connectivity index (χ3v) is 6.07. The topological polar surface area (TPSA) is 33.5 Å². The van der Waals surface area contributed by atoms with Crippen LogP contribution in [0.4, 0.5) is 5.69 Å². The minimum Gasteiger partial charge on any atom is -0.457 e. The fraction of sp³-hybridized carbons (Fsp3) is 0. The van der Waals surface area contributed by atoms with Gasteiger partial charge < -0.3 is 4.42 Å². The Hall–Kier alpha value is -1.86. The van der Waals surface area contributed by atoms with E-state index >= 15 is 0 Å². The van der Waals surface area contributed by atoms with Crippen molar-refractivity contribution >= 4 is 73.5 Å². The van der Waals surface area contributed by atoms with Crippen molar-refractivity contribution in [3.05, 3.63) is 80.8 Å². The van der Waals surface area contributed by atoms with Crippen LogP contribution < -0.4 is 4.90 Å². The molecule has 0 atom stereocenters. The highest BCUT2D eigenvalue weighted by atomic mass is 79.9. The molecule has 1 saturated heterocycles. The average Bonchev–Trinajstić information content (AvgIpc) is 3.22. The average molecular weight is 477 g/mol. The van der Waals surface area contributed by atoms with Crippen molar-refractivity contribution in [1.82, 2.24) is 0 Å². The van der Waals surface area contributed by atoms with Crippen LogP contribution in [0.15, 0.2) is 74.5 Å². The molecule has 3 aromatic rings. The minimum atomic E-state index is -0.209. The maximum atomic E-state index is 12.8. The summed E-state index contributed by atoms with van der Waals surface area (Å²) >= 11 is 16.2. The van der Waals surface area contributed by atoms with Gasteiger partial charge in [-0.2, -0.15) is 0 Å². The van der Waals surface area contributed by atoms with Gasteiger partial charge in [0.15, 0.2) is 4.32 Å². The molecule has 7 heteroatoms. The molecule has 0 bridgehead atoms. The number of thiocarbonyl (C=S) groups is 1. The molecule has 2 heterocycles. The lowest BCUT2D eigenvalue weighted by molar-refractivity contribution is -0.113. The largest absolute Gasteiger partial charge is 0.457 e. The first kappa shape index (κ1) is 18.5. The Labute approximate surface area is 179 Å². The summed E-state index contributed by atoms with van der Waals surface area (Å²) < 4.78 is 7.32. The molecule has 0 radical (unpaired) electrons. The number of benzene rings is 2. The Kier molecular flexibility index (Phi) is 5.23. The number of thioether (sulfide) groups is 1. The lowest BCUT2D eigenvalue weighted by Crippen LogP contribution is -2.27. The molecule has 1 amide bonds. The van der Waals surface area contributed by atoms with Gasteiger partial charge in [-0.15, -0.1) is 0 Å². The van der Waals surface area contributed by atoms with E-state index in [1.807, 2.05) is 48.5 Å². The van der Waals surface area contributed by atoms with Crippen LogP contribution >= 0.6 is 51.5 Å². The number of hydrogen-bond acceptors (Lipinski definition) is 4. The predicted octanol–water partition coefficient (Wildman–Crippen LogP) is 6.77. The number of nitrogens with zero attached hydrogens (tertiary/aromatic N) is 1. The van der Waals surface area contributed by atoms with Crippen molar-refractivity contribution in [2.75, 3.05) is 4.90 Å². The zero-order valence-electron chi connectivity index (χ0n) is 13.7. The molecule has 134 valence electrons. The van der Waals surface area contributed by atoms with Crippen molar-refractivity contribution in [3.8, 4) is 11.3 Å². The highest BCUT2D eigenvalue weighted by Crippen LogP contribution is 2.39. The van der Waals surface area contributed by atoms with Crippen molar-refractivity contribution in [2.24, 2.45) is 0 Å². The molecule has 0 spiro atoms. The highest BCUT2D eigenvalue weighted by molar-refractivity contribution is 9.10. The number of furan rings is 1. The molecular weight excluding hydrogens is 466 g/mol. The fourth-order valence-corrected chi connectivity index (χ4v) is 4.39. The second-order valence-electron chi connectivity index (χ2n) is 5.68. The van der Waals surface area contributed by atoms with E-state index in [1.165, 1.54) is 16.7 Å². The lowest BCUT2D eigenvalue weighted by atomic mass is 10.2. The molecule has 27 heavy (non-hydrogen) atoms. The molecule has 1 fully saturated rings. The number of hydrogen-bond donors (Lipinski definition) is 0.